The molecule has 2 aromatic rings. The number of benzene rings is 2. The lowest BCUT2D eigenvalue weighted by Crippen LogP contribution is -2.32. The van der Waals surface area contributed by atoms with E-state index in [-0.39, 0.29) is 11.3 Å². The summed E-state index contributed by atoms with van der Waals surface area (Å²) in [4.78, 5) is 24.2. The van der Waals surface area contributed by atoms with Gasteiger partial charge in [0, 0.05) is 26.2 Å². The number of rotatable bonds is 4. The van der Waals surface area contributed by atoms with E-state index in [2.05, 4.69) is 5.32 Å². The van der Waals surface area contributed by atoms with E-state index in [0.717, 1.165) is 37.1 Å². The Labute approximate surface area is 167 Å². The molecule has 5 nitrogen and oxygen atoms in total. The molecule has 3 amide bonds. The summed E-state index contributed by atoms with van der Waals surface area (Å²) < 4.78 is 79.3. The molecular formula is C19H17F6N3O2. The minimum absolute atomic E-state index is 0.125. The zero-order chi connectivity index (χ0) is 22.7. The van der Waals surface area contributed by atoms with E-state index in [1.165, 1.54) is 18.2 Å². The van der Waals surface area contributed by atoms with Crippen LogP contribution in [0.1, 0.15) is 23.6 Å². The van der Waals surface area contributed by atoms with Crippen molar-refractivity contribution < 1.29 is 35.9 Å². The van der Waals surface area contributed by atoms with Gasteiger partial charge in [-0.25, -0.2) is 4.79 Å². The molecule has 2 aromatic carbocycles. The van der Waals surface area contributed by atoms with Crippen molar-refractivity contribution in [1.82, 2.24) is 4.90 Å². The minimum Gasteiger partial charge on any atom is -0.326 e. The normalized spacial score (nSPS) is 11.7. The number of nitrogens with zero attached hydrogens (tertiary/aromatic N) is 1. The van der Waals surface area contributed by atoms with Crippen LogP contribution in [0, 0.1) is 0 Å². The summed E-state index contributed by atoms with van der Waals surface area (Å²) in [6.45, 7) is 0.642. The van der Waals surface area contributed by atoms with Gasteiger partial charge in [-0.2, -0.15) is 26.3 Å². The summed E-state index contributed by atoms with van der Waals surface area (Å²) in [5.41, 5.74) is -3.09. The molecule has 11 heteroatoms. The van der Waals surface area contributed by atoms with Crippen molar-refractivity contribution >= 4 is 23.3 Å². The fraction of sp³-hybridized carbons (Fsp3) is 0.263. The second-order valence-electron chi connectivity index (χ2n) is 6.38. The number of halogens is 6. The minimum atomic E-state index is -4.85. The quantitative estimate of drug-likeness (QED) is 0.639. The third kappa shape index (κ3) is 5.88. The van der Waals surface area contributed by atoms with E-state index in [4.69, 9.17) is 0 Å². The Morgan fingerprint density at radius 2 is 1.50 bits per heavy atom. The van der Waals surface area contributed by atoms with E-state index >= 15 is 0 Å². The van der Waals surface area contributed by atoms with Crippen LogP contribution < -0.4 is 10.6 Å². The SMILES string of the molecule is CC(=O)Nc1ccc(NC(=O)N(C)Cc2ccccc2C(F)(F)F)c(C(F)(F)F)c1. The average molecular weight is 433 g/mol. The van der Waals surface area contributed by atoms with Crippen LogP contribution in [0.2, 0.25) is 0 Å². The molecule has 0 spiro atoms. The molecule has 0 atom stereocenters. The van der Waals surface area contributed by atoms with Gasteiger partial charge < -0.3 is 15.5 Å². The molecule has 2 N–H and O–H groups in total. The number of amides is 3. The lowest BCUT2D eigenvalue weighted by atomic mass is 10.1. The first kappa shape index (κ1) is 23.0. The Morgan fingerprint density at radius 1 is 0.900 bits per heavy atom. The lowest BCUT2D eigenvalue weighted by molar-refractivity contribution is -0.138. The van der Waals surface area contributed by atoms with Gasteiger partial charge in [-0.15, -0.1) is 0 Å². The third-order valence-electron chi connectivity index (χ3n) is 3.96. The molecule has 0 heterocycles. The molecule has 0 aromatic heterocycles. The van der Waals surface area contributed by atoms with Gasteiger partial charge in [0.2, 0.25) is 5.91 Å². The van der Waals surface area contributed by atoms with Crippen LogP contribution >= 0.6 is 0 Å². The van der Waals surface area contributed by atoms with E-state index in [0.29, 0.717) is 6.07 Å². The highest BCUT2D eigenvalue weighted by molar-refractivity contribution is 5.92. The van der Waals surface area contributed by atoms with Crippen LogP contribution in [0.25, 0.3) is 0 Å². The molecule has 0 bridgehead atoms. The van der Waals surface area contributed by atoms with Gasteiger partial charge in [0.05, 0.1) is 16.8 Å². The first-order valence-electron chi connectivity index (χ1n) is 8.45. The van der Waals surface area contributed by atoms with E-state index < -0.39 is 47.6 Å². The second kappa shape index (κ2) is 8.64. The first-order chi connectivity index (χ1) is 13.8. The average Bonchev–Trinajstić information content (AvgIpc) is 2.61. The van der Waals surface area contributed by atoms with Gasteiger partial charge in [0.25, 0.3) is 0 Å². The molecule has 0 unspecified atom stereocenters. The predicted octanol–water partition coefficient (Wildman–Crippen LogP) is 5.35. The first-order valence-corrected chi connectivity index (χ1v) is 8.45. The van der Waals surface area contributed by atoms with Gasteiger partial charge in [-0.05, 0) is 29.8 Å². The van der Waals surface area contributed by atoms with Gasteiger partial charge in [0.1, 0.15) is 0 Å². The lowest BCUT2D eigenvalue weighted by Gasteiger charge is -2.22. The Hall–Kier alpha value is -3.24. The molecule has 0 aliphatic rings. The largest absolute Gasteiger partial charge is 0.418 e. The smallest absolute Gasteiger partial charge is 0.326 e. The second-order valence-corrected chi connectivity index (χ2v) is 6.38. The van der Waals surface area contributed by atoms with E-state index in [1.807, 2.05) is 5.32 Å². The van der Waals surface area contributed by atoms with E-state index in [9.17, 15) is 35.9 Å². The van der Waals surface area contributed by atoms with Crippen LogP contribution in [-0.4, -0.2) is 23.9 Å². The van der Waals surface area contributed by atoms with Crippen molar-refractivity contribution in [3.05, 3.63) is 59.2 Å². The zero-order valence-corrected chi connectivity index (χ0v) is 15.8. The molecular weight excluding hydrogens is 416 g/mol. The standard InChI is InChI=1S/C19H17F6N3O2/c1-11(29)26-13-7-8-16(15(9-13)19(23,24)25)27-17(30)28(2)10-12-5-3-4-6-14(12)18(20,21)22/h3-9H,10H2,1-2H3,(H,26,29)(H,27,30). The molecule has 0 saturated carbocycles. The summed E-state index contributed by atoms with van der Waals surface area (Å²) in [7, 11) is 1.15. The Bertz CT molecular complexity index is 941. The molecule has 30 heavy (non-hydrogen) atoms. The van der Waals surface area contributed by atoms with E-state index in [1.54, 1.807) is 0 Å². The van der Waals surface area contributed by atoms with Crippen LogP contribution in [0.3, 0.4) is 0 Å². The van der Waals surface area contributed by atoms with Gasteiger partial charge in [-0.1, -0.05) is 18.2 Å². The maximum Gasteiger partial charge on any atom is 0.418 e. The van der Waals surface area contributed by atoms with Crippen molar-refractivity contribution in [3.63, 3.8) is 0 Å². The molecule has 0 fully saturated rings. The Morgan fingerprint density at radius 3 is 2.07 bits per heavy atom. The zero-order valence-electron chi connectivity index (χ0n) is 15.8. The monoisotopic (exact) mass is 433 g/mol. The van der Waals surface area contributed by atoms with Crippen molar-refractivity contribution in [1.29, 1.82) is 0 Å². The number of hydrogen-bond acceptors (Lipinski definition) is 2. The number of carbonyl (C=O) groups is 2. The predicted molar refractivity (Wildman–Crippen MR) is 97.7 cm³/mol. The van der Waals surface area contributed by atoms with Gasteiger partial charge >= 0.3 is 18.4 Å². The number of carbonyl (C=O) groups excluding carboxylic acids is 2. The summed E-state index contributed by atoms with van der Waals surface area (Å²) in [5, 5.41) is 4.25. The number of anilines is 2. The van der Waals surface area contributed by atoms with Crippen LogP contribution in [-0.2, 0) is 23.7 Å². The number of nitrogens with one attached hydrogen (secondary N) is 2. The molecule has 0 saturated heterocycles. The van der Waals surface area contributed by atoms with Gasteiger partial charge in [-0.3, -0.25) is 4.79 Å². The molecule has 162 valence electrons. The summed E-state index contributed by atoms with van der Waals surface area (Å²) in [6, 6.07) is 6.30. The maximum atomic E-state index is 13.3. The Balaban J connectivity index is 2.24. The molecule has 2 rings (SSSR count). The van der Waals surface area contributed by atoms with Crippen molar-refractivity contribution in [2.75, 3.05) is 17.7 Å². The van der Waals surface area contributed by atoms with Crippen LogP contribution in [0.4, 0.5) is 42.5 Å². The van der Waals surface area contributed by atoms with Crippen molar-refractivity contribution in [2.24, 2.45) is 0 Å². The summed E-state index contributed by atoms with van der Waals surface area (Å²) in [6.07, 6.45) is -9.49. The number of urea groups is 1. The highest BCUT2D eigenvalue weighted by atomic mass is 19.4. The van der Waals surface area contributed by atoms with Crippen molar-refractivity contribution in [2.45, 2.75) is 25.8 Å². The topological polar surface area (TPSA) is 61.4 Å². The fourth-order valence-electron chi connectivity index (χ4n) is 2.64. The summed E-state index contributed by atoms with van der Waals surface area (Å²) >= 11 is 0. The summed E-state index contributed by atoms with van der Waals surface area (Å²) in [5.74, 6) is -0.581. The van der Waals surface area contributed by atoms with Crippen LogP contribution in [0.15, 0.2) is 42.5 Å². The maximum absolute atomic E-state index is 13.3. The highest BCUT2D eigenvalue weighted by Crippen LogP contribution is 2.37. The number of hydrogen-bond donors (Lipinski definition) is 2. The Kier molecular flexibility index (Phi) is 6.63. The number of alkyl halides is 6. The van der Waals surface area contributed by atoms with Crippen LogP contribution in [0.5, 0.6) is 0 Å². The third-order valence-corrected chi connectivity index (χ3v) is 3.96. The molecule has 0 aliphatic heterocycles. The highest BCUT2D eigenvalue weighted by Gasteiger charge is 2.35. The van der Waals surface area contributed by atoms with Gasteiger partial charge in [0.15, 0.2) is 0 Å². The fourth-order valence-corrected chi connectivity index (χ4v) is 2.64. The molecule has 0 radical (unpaired) electrons. The molecule has 0 aliphatic carbocycles. The van der Waals surface area contributed by atoms with Crippen molar-refractivity contribution in [3.8, 4) is 0 Å².